The van der Waals surface area contributed by atoms with E-state index >= 15 is 0 Å². The van der Waals surface area contributed by atoms with Gasteiger partial charge >= 0.3 is 5.69 Å². The Kier molecular flexibility index (Phi) is 6.39. The van der Waals surface area contributed by atoms with Crippen LogP contribution in [0.1, 0.15) is 25.3 Å². The van der Waals surface area contributed by atoms with Crippen molar-refractivity contribution in [1.82, 2.24) is 20.1 Å². The van der Waals surface area contributed by atoms with E-state index < -0.39 is 0 Å². The van der Waals surface area contributed by atoms with Gasteiger partial charge < -0.3 is 10.1 Å². The van der Waals surface area contributed by atoms with Crippen LogP contribution in [0.15, 0.2) is 34.2 Å². The molecule has 2 heterocycles. The van der Waals surface area contributed by atoms with Crippen molar-refractivity contribution in [2.24, 2.45) is 0 Å². The van der Waals surface area contributed by atoms with E-state index in [2.05, 4.69) is 15.5 Å². The summed E-state index contributed by atoms with van der Waals surface area (Å²) in [6.07, 6.45) is 1.96. The van der Waals surface area contributed by atoms with E-state index in [1.54, 1.807) is 23.6 Å². The summed E-state index contributed by atoms with van der Waals surface area (Å²) in [5.74, 6) is -0.121. The molecule has 0 bridgehead atoms. The highest BCUT2D eigenvalue weighted by atomic mass is 35.5. The fourth-order valence-electron chi connectivity index (χ4n) is 2.69. The summed E-state index contributed by atoms with van der Waals surface area (Å²) in [5, 5.41) is 10.2. The molecule has 0 radical (unpaired) electrons. The Morgan fingerprint density at radius 3 is 2.96 bits per heavy atom. The zero-order chi connectivity index (χ0) is 18.5. The van der Waals surface area contributed by atoms with Crippen molar-refractivity contribution in [3.8, 4) is 0 Å². The number of nitrogens with zero attached hydrogens (tertiary/aromatic N) is 2. The molecule has 1 aromatic carbocycles. The fourth-order valence-corrected chi connectivity index (χ4v) is 3.71. The van der Waals surface area contributed by atoms with Crippen LogP contribution in [0.2, 0.25) is 5.02 Å². The maximum Gasteiger partial charge on any atom is 0.344 e. The van der Waals surface area contributed by atoms with Crippen LogP contribution in [0, 0.1) is 0 Å². The van der Waals surface area contributed by atoms with Crippen LogP contribution < -0.4 is 11.0 Å². The molecule has 1 aromatic heterocycles. The van der Waals surface area contributed by atoms with Crippen LogP contribution in [0.5, 0.6) is 0 Å². The van der Waals surface area contributed by atoms with Gasteiger partial charge in [-0.05, 0) is 37.5 Å². The molecule has 3 rings (SSSR count). The van der Waals surface area contributed by atoms with Crippen molar-refractivity contribution >= 4 is 29.3 Å². The molecular formula is C17H21ClN4O3S. The first-order valence-corrected chi connectivity index (χ1v) is 9.74. The molecular weight excluding hydrogens is 376 g/mol. The van der Waals surface area contributed by atoms with Crippen LogP contribution >= 0.6 is 23.4 Å². The van der Waals surface area contributed by atoms with Gasteiger partial charge in [0.25, 0.3) is 0 Å². The normalized spacial score (nSPS) is 18.0. The molecule has 1 aliphatic heterocycles. The Morgan fingerprint density at radius 1 is 1.50 bits per heavy atom. The van der Waals surface area contributed by atoms with Crippen molar-refractivity contribution < 1.29 is 9.53 Å². The number of halogens is 1. The molecule has 2 N–H and O–H groups in total. The van der Waals surface area contributed by atoms with Crippen molar-refractivity contribution in [2.75, 3.05) is 6.61 Å². The number of ether oxygens (including phenoxy) is 1. The first-order valence-electron chi connectivity index (χ1n) is 8.48. The number of H-pyrrole nitrogens is 1. The largest absolute Gasteiger partial charge is 0.376 e. The van der Waals surface area contributed by atoms with Gasteiger partial charge in [-0.15, -0.1) is 5.10 Å². The molecule has 2 atom stereocenters. The van der Waals surface area contributed by atoms with Crippen LogP contribution in [0.3, 0.4) is 0 Å². The Labute approximate surface area is 160 Å². The molecule has 1 saturated heterocycles. The Balaban J connectivity index is 1.56. The van der Waals surface area contributed by atoms with Gasteiger partial charge in [-0.25, -0.2) is 9.89 Å². The molecule has 140 valence electrons. The van der Waals surface area contributed by atoms with Gasteiger partial charge in [0, 0.05) is 18.2 Å². The summed E-state index contributed by atoms with van der Waals surface area (Å²) >= 11 is 7.11. The molecule has 1 aliphatic rings. The van der Waals surface area contributed by atoms with E-state index in [9.17, 15) is 9.59 Å². The van der Waals surface area contributed by atoms with Gasteiger partial charge in [-0.3, -0.25) is 9.36 Å². The van der Waals surface area contributed by atoms with Crippen LogP contribution in [0.25, 0.3) is 0 Å². The third-order valence-corrected chi connectivity index (χ3v) is 5.51. The molecule has 26 heavy (non-hydrogen) atoms. The Bertz CT molecular complexity index is 799. The number of amides is 1. The smallest absolute Gasteiger partial charge is 0.344 e. The number of hydrogen-bond acceptors (Lipinski definition) is 5. The molecule has 1 amide bonds. The van der Waals surface area contributed by atoms with Gasteiger partial charge in [-0.1, -0.05) is 35.5 Å². The predicted octanol–water partition coefficient (Wildman–Crippen LogP) is 2.20. The number of nitrogens with one attached hydrogen (secondary N) is 2. The lowest BCUT2D eigenvalue weighted by Gasteiger charge is -2.14. The van der Waals surface area contributed by atoms with Gasteiger partial charge in [0.05, 0.1) is 17.9 Å². The Morgan fingerprint density at radius 2 is 2.27 bits per heavy atom. The zero-order valence-corrected chi connectivity index (χ0v) is 16.0. The molecule has 9 heteroatoms. The van der Waals surface area contributed by atoms with Crippen molar-refractivity contribution in [1.29, 1.82) is 0 Å². The van der Waals surface area contributed by atoms with Crippen LogP contribution in [-0.4, -0.2) is 38.6 Å². The molecule has 2 unspecified atom stereocenters. The number of benzene rings is 1. The average Bonchev–Trinajstić information content (AvgIpc) is 3.26. The minimum absolute atomic E-state index is 0.0266. The monoisotopic (exact) mass is 396 g/mol. The lowest BCUT2D eigenvalue weighted by Crippen LogP contribution is -2.31. The molecule has 0 saturated carbocycles. The molecule has 2 aromatic rings. The first kappa shape index (κ1) is 19.0. The van der Waals surface area contributed by atoms with E-state index in [1.807, 2.05) is 12.1 Å². The van der Waals surface area contributed by atoms with Crippen molar-refractivity contribution in [3.05, 3.63) is 45.3 Å². The van der Waals surface area contributed by atoms with E-state index in [1.165, 1.54) is 11.8 Å². The maximum absolute atomic E-state index is 12.3. The SMILES string of the molecule is CC(Sc1n[nH]c(=O)n1CC1CCCO1)C(=O)NCc1ccc(Cl)cc1. The minimum atomic E-state index is -0.388. The second-order valence-electron chi connectivity index (χ2n) is 6.16. The van der Waals surface area contributed by atoms with Crippen LogP contribution in [-0.2, 0) is 22.6 Å². The average molecular weight is 397 g/mol. The minimum Gasteiger partial charge on any atom is -0.376 e. The number of rotatable bonds is 7. The summed E-state index contributed by atoms with van der Waals surface area (Å²) in [6, 6.07) is 7.31. The highest BCUT2D eigenvalue weighted by Crippen LogP contribution is 2.22. The summed E-state index contributed by atoms with van der Waals surface area (Å²) in [4.78, 5) is 24.3. The highest BCUT2D eigenvalue weighted by Gasteiger charge is 2.22. The molecule has 1 fully saturated rings. The number of aromatic nitrogens is 3. The van der Waals surface area contributed by atoms with Crippen molar-refractivity contribution in [3.63, 3.8) is 0 Å². The molecule has 0 spiro atoms. The standard InChI is InChI=1S/C17H21ClN4O3S/c1-11(15(23)19-9-12-4-6-13(18)7-5-12)26-17-21-20-16(24)22(17)10-14-3-2-8-25-14/h4-7,11,14H,2-3,8-10H2,1H3,(H,19,23)(H,20,24). The van der Waals surface area contributed by atoms with Gasteiger partial charge in [0.15, 0.2) is 5.16 Å². The quantitative estimate of drug-likeness (QED) is 0.700. The fraction of sp³-hybridized carbons (Fsp3) is 0.471. The predicted molar refractivity (Wildman–Crippen MR) is 100 cm³/mol. The lowest BCUT2D eigenvalue weighted by molar-refractivity contribution is -0.120. The van der Waals surface area contributed by atoms with Crippen LogP contribution in [0.4, 0.5) is 0 Å². The second-order valence-corrected chi connectivity index (χ2v) is 7.91. The van der Waals surface area contributed by atoms with Crippen molar-refractivity contribution in [2.45, 2.75) is 49.4 Å². The summed E-state index contributed by atoms with van der Waals surface area (Å²) in [6.45, 7) is 3.39. The van der Waals surface area contributed by atoms with Gasteiger partial charge in [0.2, 0.25) is 5.91 Å². The Hall–Kier alpha value is -1.77. The summed E-state index contributed by atoms with van der Waals surface area (Å²) < 4.78 is 7.13. The number of thioether (sulfide) groups is 1. The number of carbonyl (C=O) groups is 1. The van der Waals surface area contributed by atoms with E-state index in [4.69, 9.17) is 16.3 Å². The van der Waals surface area contributed by atoms with E-state index in [0.29, 0.717) is 23.3 Å². The van der Waals surface area contributed by atoms with Gasteiger partial charge in [0.1, 0.15) is 0 Å². The summed E-state index contributed by atoms with van der Waals surface area (Å²) in [7, 11) is 0. The third-order valence-electron chi connectivity index (χ3n) is 4.16. The van der Waals surface area contributed by atoms with E-state index in [-0.39, 0.29) is 23.0 Å². The maximum atomic E-state index is 12.3. The van der Waals surface area contributed by atoms with Gasteiger partial charge in [-0.2, -0.15) is 0 Å². The lowest BCUT2D eigenvalue weighted by atomic mass is 10.2. The number of hydrogen-bond donors (Lipinski definition) is 2. The topological polar surface area (TPSA) is 89.0 Å². The molecule has 0 aliphatic carbocycles. The highest BCUT2D eigenvalue weighted by molar-refractivity contribution is 8.00. The van der Waals surface area contributed by atoms with E-state index in [0.717, 1.165) is 25.0 Å². The third kappa shape index (κ3) is 4.90. The molecule has 7 nitrogen and oxygen atoms in total. The number of aromatic amines is 1. The summed E-state index contributed by atoms with van der Waals surface area (Å²) in [5.41, 5.74) is 0.687. The first-order chi connectivity index (χ1) is 12.5. The number of carbonyl (C=O) groups excluding carboxylic acids is 1. The zero-order valence-electron chi connectivity index (χ0n) is 14.4. The second kappa shape index (κ2) is 8.75.